The maximum atomic E-state index is 9.15. The van der Waals surface area contributed by atoms with Gasteiger partial charge in [-0.2, -0.15) is 5.26 Å². The van der Waals surface area contributed by atoms with Crippen LogP contribution in [0.2, 0.25) is 0 Å². The van der Waals surface area contributed by atoms with E-state index in [2.05, 4.69) is 21.4 Å². The smallest absolute Gasteiger partial charge is 0.218 e. The lowest BCUT2D eigenvalue weighted by Gasteiger charge is -2.12. The molecule has 0 saturated heterocycles. The highest BCUT2D eigenvalue weighted by Gasteiger charge is 2.08. The molecule has 5 heteroatoms. The molecule has 1 aromatic carbocycles. The summed E-state index contributed by atoms with van der Waals surface area (Å²) in [6.45, 7) is 3.06. The molecule has 0 aliphatic heterocycles. The van der Waals surface area contributed by atoms with Crippen LogP contribution in [0.25, 0.3) is 10.9 Å². The van der Waals surface area contributed by atoms with Crippen molar-refractivity contribution in [1.82, 2.24) is 9.97 Å². The van der Waals surface area contributed by atoms with Crippen molar-refractivity contribution in [1.29, 1.82) is 5.26 Å². The van der Waals surface area contributed by atoms with Crippen LogP contribution in [0.3, 0.4) is 0 Å². The molecule has 3 aromatic rings. The summed E-state index contributed by atoms with van der Waals surface area (Å²) in [6, 6.07) is 15.5. The van der Waals surface area contributed by atoms with Crippen molar-refractivity contribution in [3.63, 3.8) is 0 Å². The van der Waals surface area contributed by atoms with Crippen LogP contribution in [0.5, 0.6) is 5.88 Å². The first-order valence-electron chi connectivity index (χ1n) is 7.42. The highest BCUT2D eigenvalue weighted by molar-refractivity contribution is 5.91. The molecule has 1 N–H and O–H groups in total. The Labute approximate surface area is 134 Å². The molecule has 3 rings (SSSR count). The van der Waals surface area contributed by atoms with Crippen molar-refractivity contribution in [3.8, 4) is 11.9 Å². The quantitative estimate of drug-likeness (QED) is 0.781. The number of fused-ring (bicyclic) bond motifs is 1. The number of aromatic nitrogens is 2. The van der Waals surface area contributed by atoms with Gasteiger partial charge in [-0.1, -0.05) is 24.3 Å². The number of anilines is 1. The van der Waals surface area contributed by atoms with Gasteiger partial charge in [-0.3, -0.25) is 0 Å². The first-order valence-corrected chi connectivity index (χ1v) is 7.42. The predicted molar refractivity (Wildman–Crippen MR) is 89.2 cm³/mol. The predicted octanol–water partition coefficient (Wildman–Crippen LogP) is 3.51. The number of pyridine rings is 2. The van der Waals surface area contributed by atoms with Crippen LogP contribution in [0.4, 0.5) is 5.69 Å². The molecule has 0 unspecified atom stereocenters. The van der Waals surface area contributed by atoms with Crippen molar-refractivity contribution in [2.45, 2.75) is 13.5 Å². The highest BCUT2D eigenvalue weighted by atomic mass is 16.5. The van der Waals surface area contributed by atoms with E-state index in [4.69, 9.17) is 10.00 Å². The van der Waals surface area contributed by atoms with Crippen LogP contribution < -0.4 is 10.1 Å². The van der Waals surface area contributed by atoms with Crippen LogP contribution >= 0.6 is 0 Å². The fourth-order valence-corrected chi connectivity index (χ4v) is 2.39. The minimum atomic E-state index is 0.391. The van der Waals surface area contributed by atoms with E-state index in [-0.39, 0.29) is 0 Å². The maximum Gasteiger partial charge on any atom is 0.218 e. The van der Waals surface area contributed by atoms with Gasteiger partial charge < -0.3 is 10.1 Å². The molecule has 2 heterocycles. The summed E-state index contributed by atoms with van der Waals surface area (Å²) in [6.07, 6.45) is 1.71. The second kappa shape index (κ2) is 6.75. The molecule has 0 spiro atoms. The number of hydrogen-bond acceptors (Lipinski definition) is 5. The monoisotopic (exact) mass is 304 g/mol. The first kappa shape index (κ1) is 14.8. The Balaban J connectivity index is 1.92. The van der Waals surface area contributed by atoms with Gasteiger partial charge in [0.2, 0.25) is 5.88 Å². The van der Waals surface area contributed by atoms with E-state index in [0.717, 1.165) is 22.2 Å². The Morgan fingerprint density at radius 3 is 2.91 bits per heavy atom. The first-order chi connectivity index (χ1) is 11.3. The van der Waals surface area contributed by atoms with Gasteiger partial charge in [0.25, 0.3) is 0 Å². The number of nitrogens with one attached hydrogen (secondary N) is 1. The summed E-state index contributed by atoms with van der Waals surface area (Å²) >= 11 is 0. The molecule has 0 aliphatic rings. The van der Waals surface area contributed by atoms with Crippen molar-refractivity contribution in [2.75, 3.05) is 11.9 Å². The Hall–Kier alpha value is -3.13. The zero-order valence-electron chi connectivity index (χ0n) is 12.8. The minimum Gasteiger partial charge on any atom is -0.478 e. The van der Waals surface area contributed by atoms with E-state index in [1.807, 2.05) is 43.3 Å². The van der Waals surface area contributed by atoms with Crippen molar-refractivity contribution >= 4 is 16.6 Å². The number of benzene rings is 1. The SMILES string of the molecule is CCOc1ncccc1CNc1cc(C#N)nc2ccccc12. The molecule has 0 bridgehead atoms. The average Bonchev–Trinajstić information content (AvgIpc) is 2.60. The molecular weight excluding hydrogens is 288 g/mol. The zero-order chi connectivity index (χ0) is 16.1. The Kier molecular flexibility index (Phi) is 4.34. The fourth-order valence-electron chi connectivity index (χ4n) is 2.39. The number of para-hydroxylation sites is 1. The largest absolute Gasteiger partial charge is 0.478 e. The Morgan fingerprint density at radius 2 is 2.09 bits per heavy atom. The van der Waals surface area contributed by atoms with Crippen LogP contribution in [-0.4, -0.2) is 16.6 Å². The molecule has 0 atom stereocenters. The van der Waals surface area contributed by atoms with Gasteiger partial charge in [-0.05, 0) is 25.1 Å². The highest BCUT2D eigenvalue weighted by Crippen LogP contribution is 2.24. The Bertz CT molecular complexity index is 870. The fraction of sp³-hybridized carbons (Fsp3) is 0.167. The molecule has 0 fully saturated rings. The number of nitrogens with zero attached hydrogens (tertiary/aromatic N) is 3. The van der Waals surface area contributed by atoms with Crippen LogP contribution in [0.1, 0.15) is 18.2 Å². The molecule has 0 radical (unpaired) electrons. The second-order valence-corrected chi connectivity index (χ2v) is 4.94. The van der Waals surface area contributed by atoms with E-state index < -0.39 is 0 Å². The summed E-state index contributed by atoms with van der Waals surface area (Å²) in [5.41, 5.74) is 3.03. The van der Waals surface area contributed by atoms with E-state index in [1.165, 1.54) is 0 Å². The number of ether oxygens (including phenoxy) is 1. The summed E-state index contributed by atoms with van der Waals surface area (Å²) in [5, 5.41) is 13.5. The topological polar surface area (TPSA) is 70.8 Å². The molecule has 5 nitrogen and oxygen atoms in total. The lowest BCUT2D eigenvalue weighted by molar-refractivity contribution is 0.323. The van der Waals surface area contributed by atoms with Gasteiger partial charge in [0.05, 0.1) is 12.1 Å². The van der Waals surface area contributed by atoms with Crippen molar-refractivity contribution < 1.29 is 4.74 Å². The second-order valence-electron chi connectivity index (χ2n) is 4.94. The molecule has 2 aromatic heterocycles. The summed E-state index contributed by atoms with van der Waals surface area (Å²) in [7, 11) is 0. The van der Waals surface area contributed by atoms with Gasteiger partial charge in [0, 0.05) is 29.4 Å². The summed E-state index contributed by atoms with van der Waals surface area (Å²) < 4.78 is 5.54. The van der Waals surface area contributed by atoms with Gasteiger partial charge in [-0.15, -0.1) is 0 Å². The number of rotatable bonds is 5. The Morgan fingerprint density at radius 1 is 1.22 bits per heavy atom. The summed E-state index contributed by atoms with van der Waals surface area (Å²) in [4.78, 5) is 8.57. The zero-order valence-corrected chi connectivity index (χ0v) is 12.8. The van der Waals surface area contributed by atoms with Crippen LogP contribution in [-0.2, 0) is 6.54 Å². The molecule has 23 heavy (non-hydrogen) atoms. The molecule has 0 aliphatic carbocycles. The van der Waals surface area contributed by atoms with Crippen molar-refractivity contribution in [3.05, 3.63) is 59.9 Å². The van der Waals surface area contributed by atoms with Gasteiger partial charge in [-0.25, -0.2) is 9.97 Å². The van der Waals surface area contributed by atoms with Crippen molar-refractivity contribution in [2.24, 2.45) is 0 Å². The molecular formula is C18H16N4O. The van der Waals surface area contributed by atoms with E-state index in [9.17, 15) is 0 Å². The molecule has 114 valence electrons. The normalized spacial score (nSPS) is 10.3. The lowest BCUT2D eigenvalue weighted by atomic mass is 10.1. The third-order valence-electron chi connectivity index (χ3n) is 3.43. The lowest BCUT2D eigenvalue weighted by Crippen LogP contribution is -2.05. The van der Waals surface area contributed by atoms with E-state index >= 15 is 0 Å². The maximum absolute atomic E-state index is 9.15. The number of nitriles is 1. The average molecular weight is 304 g/mol. The molecule has 0 saturated carbocycles. The van der Waals surface area contributed by atoms with Crippen LogP contribution in [0, 0.1) is 11.3 Å². The standard InChI is InChI=1S/C18H16N4O/c1-2-23-18-13(6-5-9-20-18)12-21-17-10-14(11-19)22-16-8-4-3-7-15(16)17/h3-10H,2,12H2,1H3,(H,21,22). The molecule has 0 amide bonds. The van der Waals surface area contributed by atoms with Gasteiger partial charge >= 0.3 is 0 Å². The summed E-state index contributed by atoms with van der Waals surface area (Å²) in [5.74, 6) is 0.626. The van der Waals surface area contributed by atoms with Gasteiger partial charge in [0.1, 0.15) is 11.8 Å². The number of hydrogen-bond donors (Lipinski definition) is 1. The van der Waals surface area contributed by atoms with E-state index in [1.54, 1.807) is 12.3 Å². The minimum absolute atomic E-state index is 0.391. The van der Waals surface area contributed by atoms with E-state index in [0.29, 0.717) is 24.7 Å². The van der Waals surface area contributed by atoms with Gasteiger partial charge in [0.15, 0.2) is 0 Å². The third-order valence-corrected chi connectivity index (χ3v) is 3.43. The third kappa shape index (κ3) is 3.22. The van der Waals surface area contributed by atoms with Crippen LogP contribution in [0.15, 0.2) is 48.7 Å².